The topological polar surface area (TPSA) is 84.9 Å². The molecule has 0 spiro atoms. The lowest BCUT2D eigenvalue weighted by Crippen LogP contribution is -2.56. The maximum atomic E-state index is 12.3. The van der Waals surface area contributed by atoms with E-state index in [2.05, 4.69) is 5.32 Å². The van der Waals surface area contributed by atoms with Crippen LogP contribution in [0.15, 0.2) is 0 Å². The molecule has 0 heterocycles. The van der Waals surface area contributed by atoms with Gasteiger partial charge in [0.2, 0.25) is 5.91 Å². The smallest absolute Gasteiger partial charge is 0.408 e. The molecule has 0 aliphatic rings. The summed E-state index contributed by atoms with van der Waals surface area (Å²) < 4.78 is 9.89. The second-order valence-corrected chi connectivity index (χ2v) is 6.22. The molecular formula is C14H26N2O5. The first-order valence-electron chi connectivity index (χ1n) is 6.81. The number of hydrogen-bond acceptors (Lipinski definition) is 5. The number of ether oxygens (including phenoxy) is 2. The Balaban J connectivity index is 4.64. The van der Waals surface area contributed by atoms with E-state index in [9.17, 15) is 14.4 Å². The molecule has 0 radical (unpaired) electrons. The van der Waals surface area contributed by atoms with E-state index in [1.54, 1.807) is 41.5 Å². The van der Waals surface area contributed by atoms with Crippen molar-refractivity contribution in [1.82, 2.24) is 10.2 Å². The van der Waals surface area contributed by atoms with Gasteiger partial charge < -0.3 is 19.7 Å². The van der Waals surface area contributed by atoms with Gasteiger partial charge in [-0.3, -0.25) is 9.59 Å². The Labute approximate surface area is 126 Å². The third kappa shape index (κ3) is 7.53. The highest BCUT2D eigenvalue weighted by Crippen LogP contribution is 2.11. The molecule has 0 unspecified atom stereocenters. The molecule has 0 aliphatic carbocycles. The van der Waals surface area contributed by atoms with E-state index in [0.29, 0.717) is 0 Å². The average molecular weight is 302 g/mol. The summed E-state index contributed by atoms with van der Waals surface area (Å²) in [7, 11) is 1.47. The van der Waals surface area contributed by atoms with Crippen LogP contribution in [0.5, 0.6) is 0 Å². The summed E-state index contributed by atoms with van der Waals surface area (Å²) in [5.74, 6) is -0.914. The molecular weight excluding hydrogens is 276 g/mol. The quantitative estimate of drug-likeness (QED) is 0.774. The zero-order valence-electron chi connectivity index (χ0n) is 13.9. The Morgan fingerprint density at radius 3 is 2.05 bits per heavy atom. The molecule has 0 aromatic carbocycles. The predicted octanol–water partition coefficient (Wildman–Crippen LogP) is 1.31. The van der Waals surface area contributed by atoms with E-state index in [0.717, 1.165) is 0 Å². The fraction of sp³-hybridized carbons (Fsp3) is 0.786. The lowest BCUT2D eigenvalue weighted by Gasteiger charge is -2.30. The van der Waals surface area contributed by atoms with E-state index in [1.165, 1.54) is 11.9 Å². The molecule has 0 saturated heterocycles. The Morgan fingerprint density at radius 2 is 1.62 bits per heavy atom. The molecule has 0 atom stereocenters. The maximum absolute atomic E-state index is 12.3. The van der Waals surface area contributed by atoms with E-state index < -0.39 is 29.1 Å². The SMILES string of the molecule is CCOC(=O)CN(C)C(=O)C(C)(C)NC(=O)OC(C)(C)C. The number of nitrogens with one attached hydrogen (secondary N) is 1. The van der Waals surface area contributed by atoms with E-state index in [1.807, 2.05) is 0 Å². The lowest BCUT2D eigenvalue weighted by atomic mass is 10.0. The van der Waals surface area contributed by atoms with Crippen LogP contribution in [0.4, 0.5) is 4.79 Å². The van der Waals surface area contributed by atoms with Gasteiger partial charge in [-0.25, -0.2) is 4.79 Å². The molecule has 122 valence electrons. The molecule has 0 aromatic rings. The zero-order valence-corrected chi connectivity index (χ0v) is 13.9. The van der Waals surface area contributed by atoms with Crippen molar-refractivity contribution in [2.24, 2.45) is 0 Å². The molecule has 0 aliphatic heterocycles. The molecule has 2 amide bonds. The fourth-order valence-electron chi connectivity index (χ4n) is 1.56. The van der Waals surface area contributed by atoms with Crippen LogP contribution in [0.1, 0.15) is 41.5 Å². The van der Waals surface area contributed by atoms with Crippen molar-refractivity contribution in [3.63, 3.8) is 0 Å². The highest BCUT2D eigenvalue weighted by Gasteiger charge is 2.34. The van der Waals surface area contributed by atoms with Gasteiger partial charge in [-0.2, -0.15) is 0 Å². The summed E-state index contributed by atoms with van der Waals surface area (Å²) in [5, 5.41) is 2.49. The number of hydrogen-bond donors (Lipinski definition) is 1. The number of alkyl carbamates (subject to hydrolysis) is 1. The molecule has 7 heteroatoms. The van der Waals surface area contributed by atoms with Crippen LogP contribution >= 0.6 is 0 Å². The number of likely N-dealkylation sites (N-methyl/N-ethyl adjacent to an activating group) is 1. The monoisotopic (exact) mass is 302 g/mol. The average Bonchev–Trinajstić information content (AvgIpc) is 2.24. The summed E-state index contributed by atoms with van der Waals surface area (Å²) in [6.45, 7) is 10.0. The summed E-state index contributed by atoms with van der Waals surface area (Å²) in [6.07, 6.45) is -0.689. The Morgan fingerprint density at radius 1 is 1.10 bits per heavy atom. The molecule has 0 saturated carbocycles. The van der Waals surface area contributed by atoms with Gasteiger partial charge in [0.05, 0.1) is 6.61 Å². The maximum Gasteiger partial charge on any atom is 0.408 e. The van der Waals surface area contributed by atoms with Crippen LogP contribution in [0.2, 0.25) is 0 Å². The number of carbonyl (C=O) groups excluding carboxylic acids is 3. The molecule has 21 heavy (non-hydrogen) atoms. The van der Waals surface area contributed by atoms with Gasteiger partial charge in [0.15, 0.2) is 0 Å². The molecule has 7 nitrogen and oxygen atoms in total. The Hall–Kier alpha value is -1.79. The number of nitrogens with zero attached hydrogens (tertiary/aromatic N) is 1. The number of amides is 2. The van der Waals surface area contributed by atoms with Gasteiger partial charge in [-0.1, -0.05) is 0 Å². The summed E-state index contributed by atoms with van der Waals surface area (Å²) in [6, 6.07) is 0. The van der Waals surface area contributed by atoms with E-state index >= 15 is 0 Å². The van der Waals surface area contributed by atoms with Crippen molar-refractivity contribution < 1.29 is 23.9 Å². The van der Waals surface area contributed by atoms with Gasteiger partial charge in [-0.05, 0) is 41.5 Å². The third-order valence-corrected chi connectivity index (χ3v) is 2.37. The van der Waals surface area contributed by atoms with Gasteiger partial charge >= 0.3 is 12.1 Å². The zero-order chi connectivity index (χ0) is 16.8. The molecule has 0 fully saturated rings. The van der Waals surface area contributed by atoms with E-state index in [4.69, 9.17) is 9.47 Å². The molecule has 0 bridgehead atoms. The normalized spacial score (nSPS) is 11.6. The van der Waals surface area contributed by atoms with Crippen LogP contribution in [0.3, 0.4) is 0 Å². The summed E-state index contributed by atoms with van der Waals surface area (Å²) >= 11 is 0. The van der Waals surface area contributed by atoms with Crippen LogP contribution in [0.25, 0.3) is 0 Å². The molecule has 0 aromatic heterocycles. The second-order valence-electron chi connectivity index (χ2n) is 6.22. The first-order valence-corrected chi connectivity index (χ1v) is 6.81. The minimum absolute atomic E-state index is 0.175. The summed E-state index contributed by atoms with van der Waals surface area (Å²) in [4.78, 5) is 36.6. The van der Waals surface area contributed by atoms with Gasteiger partial charge in [0, 0.05) is 7.05 Å². The van der Waals surface area contributed by atoms with Crippen LogP contribution in [-0.4, -0.2) is 54.2 Å². The Bertz CT molecular complexity index is 399. The van der Waals surface area contributed by atoms with Crippen LogP contribution in [-0.2, 0) is 19.1 Å². The summed E-state index contributed by atoms with van der Waals surface area (Å²) in [5.41, 5.74) is -1.84. The first kappa shape index (κ1) is 19.2. The number of esters is 1. The largest absolute Gasteiger partial charge is 0.465 e. The van der Waals surface area contributed by atoms with E-state index in [-0.39, 0.29) is 13.2 Å². The van der Waals surface area contributed by atoms with Gasteiger partial charge in [0.25, 0.3) is 0 Å². The minimum atomic E-state index is -1.19. The standard InChI is InChI=1S/C14H26N2O5/c1-8-20-10(17)9-16(7)11(18)14(5,6)15-12(19)21-13(2,3)4/h8-9H2,1-7H3,(H,15,19). The van der Waals surface area contributed by atoms with Gasteiger partial charge in [-0.15, -0.1) is 0 Å². The van der Waals surface area contributed by atoms with Crippen molar-refractivity contribution in [1.29, 1.82) is 0 Å². The number of carbonyl (C=O) groups is 3. The highest BCUT2D eigenvalue weighted by molar-refractivity contribution is 5.91. The third-order valence-electron chi connectivity index (χ3n) is 2.37. The van der Waals surface area contributed by atoms with Crippen molar-refractivity contribution in [2.75, 3.05) is 20.2 Å². The molecule has 0 rings (SSSR count). The fourth-order valence-corrected chi connectivity index (χ4v) is 1.56. The van der Waals surface area contributed by atoms with Gasteiger partial charge in [0.1, 0.15) is 17.7 Å². The van der Waals surface area contributed by atoms with Crippen molar-refractivity contribution in [2.45, 2.75) is 52.7 Å². The second kappa shape index (κ2) is 7.28. The van der Waals surface area contributed by atoms with Crippen LogP contribution < -0.4 is 5.32 Å². The highest BCUT2D eigenvalue weighted by atomic mass is 16.6. The first-order chi connectivity index (χ1) is 9.39. The van der Waals surface area contributed by atoms with Crippen molar-refractivity contribution >= 4 is 18.0 Å². The van der Waals surface area contributed by atoms with Crippen LogP contribution in [0, 0.1) is 0 Å². The molecule has 1 N–H and O–H groups in total. The lowest BCUT2D eigenvalue weighted by molar-refractivity contribution is -0.149. The van der Waals surface area contributed by atoms with Crippen molar-refractivity contribution in [3.8, 4) is 0 Å². The minimum Gasteiger partial charge on any atom is -0.465 e. The Kier molecular flexibility index (Phi) is 6.66. The number of rotatable bonds is 5. The predicted molar refractivity (Wildman–Crippen MR) is 77.7 cm³/mol. The van der Waals surface area contributed by atoms with Crippen molar-refractivity contribution in [3.05, 3.63) is 0 Å².